The topological polar surface area (TPSA) is 105 Å². The second-order valence-corrected chi connectivity index (χ2v) is 12.5. The summed E-state index contributed by atoms with van der Waals surface area (Å²) in [7, 11) is 0. The Morgan fingerprint density at radius 3 is 1.44 bits per heavy atom. The standard InChI is InChI=1S/C33H44N6O4/c40-29(8-16-36-12-4-5-13-36)34-25-20-24-21-26(35-30(41)9-17-37-14-6-7-15-37)23-28-31(24)27(22-25)32(42)39(33(28)43)19-18-38-10-2-1-3-11-38/h20-23H,1-19H2,(H,34,40)(H,35,41). The number of rotatable bonds is 11. The third-order valence-corrected chi connectivity index (χ3v) is 9.36. The molecule has 10 nitrogen and oxygen atoms in total. The maximum Gasteiger partial charge on any atom is 0.261 e. The number of likely N-dealkylation sites (tertiary alicyclic amines) is 3. The number of imide groups is 1. The van der Waals surface area contributed by atoms with Crippen LogP contribution >= 0.6 is 0 Å². The second kappa shape index (κ2) is 13.5. The van der Waals surface area contributed by atoms with Crippen LogP contribution < -0.4 is 10.6 Å². The number of benzene rings is 2. The number of carbonyl (C=O) groups is 4. The number of piperidine rings is 1. The van der Waals surface area contributed by atoms with Crippen LogP contribution in [0.25, 0.3) is 10.8 Å². The van der Waals surface area contributed by atoms with Crippen molar-refractivity contribution in [3.05, 3.63) is 35.4 Å². The van der Waals surface area contributed by atoms with E-state index in [2.05, 4.69) is 25.3 Å². The predicted molar refractivity (Wildman–Crippen MR) is 167 cm³/mol. The van der Waals surface area contributed by atoms with Crippen molar-refractivity contribution < 1.29 is 19.2 Å². The maximum atomic E-state index is 13.8. The third-order valence-electron chi connectivity index (χ3n) is 9.36. The van der Waals surface area contributed by atoms with Crippen molar-refractivity contribution in [2.45, 2.75) is 57.8 Å². The first kappa shape index (κ1) is 29.7. The molecule has 0 bridgehead atoms. The number of amides is 4. The fraction of sp³-hybridized carbons (Fsp3) is 0.576. The Labute approximate surface area is 253 Å². The first-order valence-corrected chi connectivity index (χ1v) is 16.2. The van der Waals surface area contributed by atoms with Crippen LogP contribution in [0.5, 0.6) is 0 Å². The zero-order chi connectivity index (χ0) is 29.8. The van der Waals surface area contributed by atoms with Crippen LogP contribution in [0.1, 0.15) is 78.5 Å². The highest BCUT2D eigenvalue weighted by atomic mass is 16.2. The number of hydrogen-bond donors (Lipinski definition) is 2. The van der Waals surface area contributed by atoms with Gasteiger partial charge in [0, 0.05) is 55.8 Å². The lowest BCUT2D eigenvalue weighted by molar-refractivity contribution is -0.117. The molecule has 2 aromatic rings. The lowest BCUT2D eigenvalue weighted by atomic mass is 9.92. The van der Waals surface area contributed by atoms with E-state index in [1.807, 2.05) is 0 Å². The summed E-state index contributed by atoms with van der Waals surface area (Å²) in [6.45, 7) is 8.41. The van der Waals surface area contributed by atoms with Gasteiger partial charge in [0.05, 0.1) is 11.1 Å². The van der Waals surface area contributed by atoms with E-state index >= 15 is 0 Å². The summed E-state index contributed by atoms with van der Waals surface area (Å²) in [4.78, 5) is 61.6. The van der Waals surface area contributed by atoms with Gasteiger partial charge in [-0.15, -0.1) is 0 Å². The molecule has 10 heteroatoms. The molecule has 43 heavy (non-hydrogen) atoms. The number of hydrogen-bond acceptors (Lipinski definition) is 7. The van der Waals surface area contributed by atoms with Crippen molar-refractivity contribution >= 4 is 45.8 Å². The molecule has 4 aliphatic heterocycles. The van der Waals surface area contributed by atoms with Crippen molar-refractivity contribution in [3.8, 4) is 0 Å². The summed E-state index contributed by atoms with van der Waals surface area (Å²) >= 11 is 0. The average Bonchev–Trinajstić information content (AvgIpc) is 3.73. The minimum absolute atomic E-state index is 0.105. The molecule has 4 aliphatic rings. The summed E-state index contributed by atoms with van der Waals surface area (Å²) in [5, 5.41) is 7.22. The van der Waals surface area contributed by atoms with Gasteiger partial charge >= 0.3 is 0 Å². The van der Waals surface area contributed by atoms with E-state index in [0.717, 1.165) is 52.1 Å². The number of nitrogens with zero attached hydrogens (tertiary/aromatic N) is 4. The van der Waals surface area contributed by atoms with Crippen LogP contribution in [-0.2, 0) is 9.59 Å². The largest absolute Gasteiger partial charge is 0.326 e. The van der Waals surface area contributed by atoms with E-state index in [9.17, 15) is 19.2 Å². The first-order valence-electron chi connectivity index (χ1n) is 16.2. The van der Waals surface area contributed by atoms with Crippen LogP contribution in [0, 0.1) is 0 Å². The Kier molecular flexibility index (Phi) is 9.35. The number of carbonyl (C=O) groups excluding carboxylic acids is 4. The Hall–Kier alpha value is -3.34. The molecule has 0 radical (unpaired) electrons. The molecule has 4 amide bonds. The van der Waals surface area contributed by atoms with Gasteiger partial charge in [0.2, 0.25) is 11.8 Å². The molecule has 0 spiro atoms. The van der Waals surface area contributed by atoms with E-state index in [-0.39, 0.29) is 23.6 Å². The van der Waals surface area contributed by atoms with Crippen molar-refractivity contribution in [3.63, 3.8) is 0 Å². The molecule has 2 N–H and O–H groups in total. The quantitative estimate of drug-likeness (QED) is 0.385. The smallest absolute Gasteiger partial charge is 0.261 e. The van der Waals surface area contributed by atoms with Crippen molar-refractivity contribution in [2.75, 3.05) is 76.1 Å². The van der Waals surface area contributed by atoms with Gasteiger partial charge in [-0.25, -0.2) is 0 Å². The molecule has 4 heterocycles. The summed E-state index contributed by atoms with van der Waals surface area (Å²) < 4.78 is 0. The fourth-order valence-electron chi connectivity index (χ4n) is 6.99. The van der Waals surface area contributed by atoms with E-state index in [1.54, 1.807) is 24.3 Å². The van der Waals surface area contributed by atoms with Gasteiger partial charge in [0.25, 0.3) is 11.8 Å². The van der Waals surface area contributed by atoms with Gasteiger partial charge in [-0.1, -0.05) is 6.42 Å². The van der Waals surface area contributed by atoms with Crippen LogP contribution in [-0.4, -0.2) is 109 Å². The van der Waals surface area contributed by atoms with Crippen LogP contribution in [0.2, 0.25) is 0 Å². The minimum atomic E-state index is -0.338. The van der Waals surface area contributed by atoms with Crippen molar-refractivity contribution in [1.82, 2.24) is 19.6 Å². The lowest BCUT2D eigenvalue weighted by Gasteiger charge is -2.32. The minimum Gasteiger partial charge on any atom is -0.326 e. The normalized spacial score (nSPS) is 19.9. The van der Waals surface area contributed by atoms with E-state index in [0.29, 0.717) is 72.3 Å². The first-order chi connectivity index (χ1) is 20.9. The van der Waals surface area contributed by atoms with Crippen molar-refractivity contribution in [1.29, 1.82) is 0 Å². The Balaban J connectivity index is 1.25. The highest BCUT2D eigenvalue weighted by Crippen LogP contribution is 2.35. The summed E-state index contributed by atoms with van der Waals surface area (Å²) in [5.41, 5.74) is 1.87. The monoisotopic (exact) mass is 588 g/mol. The molecular formula is C33H44N6O4. The van der Waals surface area contributed by atoms with E-state index in [1.165, 1.54) is 37.0 Å². The van der Waals surface area contributed by atoms with Crippen LogP contribution in [0.3, 0.4) is 0 Å². The number of nitrogens with one attached hydrogen (secondary N) is 2. The van der Waals surface area contributed by atoms with Gasteiger partial charge < -0.3 is 25.3 Å². The molecule has 0 unspecified atom stereocenters. The molecule has 2 aromatic carbocycles. The Morgan fingerprint density at radius 2 is 0.977 bits per heavy atom. The molecule has 0 aliphatic carbocycles. The molecule has 6 rings (SSSR count). The fourth-order valence-corrected chi connectivity index (χ4v) is 6.99. The highest BCUT2D eigenvalue weighted by Gasteiger charge is 2.34. The van der Waals surface area contributed by atoms with Gasteiger partial charge in [0.1, 0.15) is 0 Å². The summed E-state index contributed by atoms with van der Waals surface area (Å²) in [6, 6.07) is 7.02. The molecule has 0 atom stereocenters. The van der Waals surface area contributed by atoms with Gasteiger partial charge in [-0.3, -0.25) is 24.1 Å². The zero-order valence-electron chi connectivity index (χ0n) is 25.2. The van der Waals surface area contributed by atoms with E-state index < -0.39 is 0 Å². The van der Waals surface area contributed by atoms with Crippen molar-refractivity contribution in [2.24, 2.45) is 0 Å². The molecule has 230 valence electrons. The Bertz CT molecular complexity index is 1290. The maximum absolute atomic E-state index is 13.8. The summed E-state index contributed by atoms with van der Waals surface area (Å²) in [6.07, 6.45) is 8.91. The Morgan fingerprint density at radius 1 is 0.558 bits per heavy atom. The van der Waals surface area contributed by atoms with Gasteiger partial charge in [-0.05, 0) is 107 Å². The SMILES string of the molecule is O=C(CCN1CCCC1)Nc1cc2c3c(cc(NC(=O)CCN4CCCC4)cc3c1)C(=O)N(CCN1CCCCC1)C2=O. The molecule has 3 saturated heterocycles. The summed E-state index contributed by atoms with van der Waals surface area (Å²) in [5.74, 6) is -0.886. The van der Waals surface area contributed by atoms with Gasteiger partial charge in [0.15, 0.2) is 0 Å². The molecule has 3 fully saturated rings. The lowest BCUT2D eigenvalue weighted by Crippen LogP contribution is -2.45. The third kappa shape index (κ3) is 7.08. The average molecular weight is 589 g/mol. The predicted octanol–water partition coefficient (Wildman–Crippen LogP) is 3.77. The number of anilines is 2. The van der Waals surface area contributed by atoms with Crippen LogP contribution in [0.15, 0.2) is 24.3 Å². The van der Waals surface area contributed by atoms with Gasteiger partial charge in [-0.2, -0.15) is 0 Å². The van der Waals surface area contributed by atoms with Crippen LogP contribution in [0.4, 0.5) is 11.4 Å². The molecule has 0 saturated carbocycles. The zero-order valence-corrected chi connectivity index (χ0v) is 25.2. The highest BCUT2D eigenvalue weighted by molar-refractivity contribution is 6.26. The van der Waals surface area contributed by atoms with E-state index in [4.69, 9.17) is 0 Å². The second-order valence-electron chi connectivity index (χ2n) is 12.5. The molecular weight excluding hydrogens is 544 g/mol. The molecule has 0 aromatic heterocycles.